The Balaban J connectivity index is 1.76. The molecule has 1 aliphatic carbocycles. The monoisotopic (exact) mass is 592 g/mol. The topological polar surface area (TPSA) is 70.1 Å². The molecule has 1 aromatic rings. The second kappa shape index (κ2) is 10.9. The van der Waals surface area contributed by atoms with Crippen molar-refractivity contribution in [2.45, 2.75) is 87.6 Å². The number of benzene rings is 1. The number of ether oxygens (including phenoxy) is 1. The van der Waals surface area contributed by atoms with Crippen molar-refractivity contribution in [3.63, 3.8) is 0 Å². The first-order valence-corrected chi connectivity index (χ1v) is 12.4. The molecule has 1 amide bonds. The molecule has 0 bridgehead atoms. The summed E-state index contributed by atoms with van der Waals surface area (Å²) < 4.78 is 121. The number of likely N-dealkylation sites (tertiary alicyclic amines) is 1. The maximum Gasteiger partial charge on any atom is 0.434 e. The minimum absolute atomic E-state index is 0.0577. The molecule has 226 valence electrons. The zero-order valence-electron chi connectivity index (χ0n) is 21.6. The first-order chi connectivity index (χ1) is 18.2. The van der Waals surface area contributed by atoms with Crippen LogP contribution in [-0.2, 0) is 27.7 Å². The molecule has 1 saturated heterocycles. The number of hydrogen-bond donors (Lipinski definition) is 1. The standard InChI is InChI=1S/C25H29F9N2O4/c1-21(7-9-36(10-8-21)20(39)40-18(24(29,30)31)25(32,33)34)35(2)14-15-11-16(13-17(12-15)23(26,27)28)22(19(37)38)5-3-4-6-22/h11-13,18H,3-10,14H2,1-2H3,(H,37,38). The van der Waals surface area contributed by atoms with Gasteiger partial charge in [0.25, 0.3) is 6.10 Å². The molecular weight excluding hydrogens is 563 g/mol. The summed E-state index contributed by atoms with van der Waals surface area (Å²) in [6.45, 7) is 1.14. The molecule has 0 spiro atoms. The lowest BCUT2D eigenvalue weighted by Crippen LogP contribution is -2.54. The lowest BCUT2D eigenvalue weighted by Gasteiger charge is -2.45. The molecule has 1 aromatic carbocycles. The minimum atomic E-state index is -5.85. The minimum Gasteiger partial charge on any atom is -0.481 e. The molecule has 0 unspecified atom stereocenters. The fourth-order valence-corrected chi connectivity index (χ4v) is 5.34. The van der Waals surface area contributed by atoms with E-state index in [9.17, 15) is 54.2 Å². The Hall–Kier alpha value is -2.71. The van der Waals surface area contributed by atoms with E-state index >= 15 is 0 Å². The van der Waals surface area contributed by atoms with Crippen LogP contribution in [0.3, 0.4) is 0 Å². The van der Waals surface area contributed by atoms with Crippen molar-refractivity contribution in [3.05, 3.63) is 34.9 Å². The second-order valence-electron chi connectivity index (χ2n) is 10.7. The number of hydrogen-bond acceptors (Lipinski definition) is 4. The smallest absolute Gasteiger partial charge is 0.434 e. The molecule has 1 saturated carbocycles. The van der Waals surface area contributed by atoms with Crippen molar-refractivity contribution in [3.8, 4) is 0 Å². The van der Waals surface area contributed by atoms with Gasteiger partial charge in [-0.15, -0.1) is 0 Å². The number of carbonyl (C=O) groups is 2. The zero-order chi connectivity index (χ0) is 30.3. The third-order valence-electron chi connectivity index (χ3n) is 7.99. The van der Waals surface area contributed by atoms with Crippen LogP contribution >= 0.6 is 0 Å². The number of piperidine rings is 1. The zero-order valence-corrected chi connectivity index (χ0v) is 21.6. The number of carbonyl (C=O) groups excluding carboxylic acids is 1. The van der Waals surface area contributed by atoms with Crippen molar-refractivity contribution in [1.82, 2.24) is 9.80 Å². The van der Waals surface area contributed by atoms with Gasteiger partial charge in [-0.2, -0.15) is 39.5 Å². The highest BCUT2D eigenvalue weighted by atomic mass is 19.4. The number of carboxylic acid groups (broad SMARTS) is 1. The molecule has 0 aromatic heterocycles. The van der Waals surface area contributed by atoms with E-state index in [1.807, 2.05) is 0 Å². The SMILES string of the molecule is CN(Cc1cc(C(F)(F)F)cc(C2(C(=O)O)CCCC2)c1)C1(C)CCN(C(=O)OC(C(F)(F)F)C(F)(F)F)CC1. The van der Waals surface area contributed by atoms with Crippen molar-refractivity contribution in [2.24, 2.45) is 0 Å². The molecule has 0 atom stereocenters. The van der Waals surface area contributed by atoms with Crippen LogP contribution in [0.5, 0.6) is 0 Å². The normalized spacial score (nSPS) is 19.8. The molecule has 2 fully saturated rings. The third kappa shape index (κ3) is 6.77. The summed E-state index contributed by atoms with van der Waals surface area (Å²) in [5, 5.41) is 9.88. The van der Waals surface area contributed by atoms with E-state index in [0.29, 0.717) is 12.8 Å². The summed E-state index contributed by atoms with van der Waals surface area (Å²) in [6.07, 6.45) is -20.8. The highest BCUT2D eigenvalue weighted by Gasteiger charge is 2.60. The Labute approximate surface area is 224 Å². The second-order valence-corrected chi connectivity index (χ2v) is 10.7. The van der Waals surface area contributed by atoms with Crippen molar-refractivity contribution in [1.29, 1.82) is 0 Å². The van der Waals surface area contributed by atoms with Crippen LogP contribution in [0.15, 0.2) is 18.2 Å². The van der Waals surface area contributed by atoms with E-state index in [-0.39, 0.29) is 56.4 Å². The fourth-order valence-electron chi connectivity index (χ4n) is 5.34. The highest BCUT2D eigenvalue weighted by Crippen LogP contribution is 2.44. The van der Waals surface area contributed by atoms with Crippen molar-refractivity contribution in [2.75, 3.05) is 20.1 Å². The van der Waals surface area contributed by atoms with E-state index in [2.05, 4.69) is 4.74 Å². The quantitative estimate of drug-likeness (QED) is 0.381. The lowest BCUT2D eigenvalue weighted by atomic mass is 9.77. The summed E-state index contributed by atoms with van der Waals surface area (Å²) in [6, 6.07) is 3.23. The number of halogens is 9. The number of amides is 1. The molecule has 40 heavy (non-hydrogen) atoms. The summed E-state index contributed by atoms with van der Waals surface area (Å²) in [7, 11) is 1.58. The van der Waals surface area contributed by atoms with Gasteiger partial charge in [0.1, 0.15) is 0 Å². The number of carboxylic acids is 1. The van der Waals surface area contributed by atoms with Crippen LogP contribution in [-0.4, -0.2) is 71.1 Å². The average molecular weight is 592 g/mol. The van der Waals surface area contributed by atoms with Crippen LogP contribution in [0.25, 0.3) is 0 Å². The van der Waals surface area contributed by atoms with Gasteiger partial charge in [0.05, 0.1) is 11.0 Å². The molecule has 1 heterocycles. The van der Waals surface area contributed by atoms with Gasteiger partial charge in [-0.1, -0.05) is 18.9 Å². The van der Waals surface area contributed by atoms with Crippen LogP contribution < -0.4 is 0 Å². The molecule has 15 heteroatoms. The maximum atomic E-state index is 13.7. The Morgan fingerprint density at radius 2 is 1.48 bits per heavy atom. The Kier molecular flexibility index (Phi) is 8.70. The molecular formula is C25H29F9N2O4. The van der Waals surface area contributed by atoms with E-state index in [0.717, 1.165) is 17.0 Å². The molecule has 1 N–H and O–H groups in total. The van der Waals surface area contributed by atoms with E-state index in [1.165, 1.54) is 6.07 Å². The summed E-state index contributed by atoms with van der Waals surface area (Å²) in [5.74, 6) is -1.20. The number of aliphatic carboxylic acids is 1. The van der Waals surface area contributed by atoms with Gasteiger partial charge >= 0.3 is 30.6 Å². The number of alkyl halides is 9. The Morgan fingerprint density at radius 3 is 1.93 bits per heavy atom. The van der Waals surface area contributed by atoms with Crippen LogP contribution in [0.1, 0.15) is 62.1 Å². The summed E-state index contributed by atoms with van der Waals surface area (Å²) in [4.78, 5) is 26.6. The van der Waals surface area contributed by atoms with Gasteiger partial charge in [-0.05, 0) is 62.9 Å². The van der Waals surface area contributed by atoms with Crippen LogP contribution in [0.2, 0.25) is 0 Å². The van der Waals surface area contributed by atoms with Gasteiger partial charge in [-0.3, -0.25) is 9.69 Å². The predicted molar refractivity (Wildman–Crippen MR) is 122 cm³/mol. The van der Waals surface area contributed by atoms with Gasteiger partial charge in [0.15, 0.2) is 0 Å². The highest BCUT2D eigenvalue weighted by molar-refractivity contribution is 5.82. The van der Waals surface area contributed by atoms with Crippen molar-refractivity contribution >= 4 is 12.1 Å². The summed E-state index contributed by atoms with van der Waals surface area (Å²) >= 11 is 0. The number of rotatable bonds is 6. The summed E-state index contributed by atoms with van der Waals surface area (Å²) in [5.41, 5.74) is -2.97. The number of nitrogens with zero attached hydrogens (tertiary/aromatic N) is 2. The average Bonchev–Trinajstić information content (AvgIpc) is 3.32. The third-order valence-corrected chi connectivity index (χ3v) is 7.99. The Morgan fingerprint density at radius 1 is 0.950 bits per heavy atom. The largest absolute Gasteiger partial charge is 0.481 e. The lowest BCUT2D eigenvalue weighted by molar-refractivity contribution is -0.308. The molecule has 3 rings (SSSR count). The van der Waals surface area contributed by atoms with E-state index in [4.69, 9.17) is 0 Å². The molecule has 1 aliphatic heterocycles. The van der Waals surface area contributed by atoms with Crippen molar-refractivity contribution < 1.29 is 58.9 Å². The van der Waals surface area contributed by atoms with E-state index < -0.39 is 53.2 Å². The van der Waals surface area contributed by atoms with E-state index in [1.54, 1.807) is 18.9 Å². The van der Waals surface area contributed by atoms with Gasteiger partial charge in [0, 0.05) is 25.2 Å². The molecule has 6 nitrogen and oxygen atoms in total. The van der Waals surface area contributed by atoms with Gasteiger partial charge in [-0.25, -0.2) is 4.79 Å². The van der Waals surface area contributed by atoms with Crippen LogP contribution in [0.4, 0.5) is 44.3 Å². The van der Waals surface area contributed by atoms with Gasteiger partial charge in [0.2, 0.25) is 0 Å². The van der Waals surface area contributed by atoms with Crippen LogP contribution in [0, 0.1) is 0 Å². The predicted octanol–water partition coefficient (Wildman–Crippen LogP) is 6.52. The molecule has 0 radical (unpaired) electrons. The Bertz CT molecular complexity index is 1070. The fraction of sp³-hybridized carbons (Fsp3) is 0.680. The first-order valence-electron chi connectivity index (χ1n) is 12.4. The van der Waals surface area contributed by atoms with Gasteiger partial charge < -0.3 is 14.7 Å². The first kappa shape index (κ1) is 31.8. The molecule has 2 aliphatic rings. The maximum absolute atomic E-state index is 13.7.